The van der Waals surface area contributed by atoms with Gasteiger partial charge in [-0.2, -0.15) is 0 Å². The second-order valence-electron chi connectivity index (χ2n) is 4.57. The minimum Gasteiger partial charge on any atom is -0.0655 e. The zero-order chi connectivity index (χ0) is 10.5. The lowest BCUT2D eigenvalue weighted by Crippen LogP contribution is -1.98. The fraction of sp³-hybridized carbons (Fsp3) is 0.429. The molecule has 74 valence electrons. The van der Waals surface area contributed by atoms with Gasteiger partial charge in [0.25, 0.3) is 0 Å². The highest BCUT2D eigenvalue weighted by Gasteiger charge is 2.22. The van der Waals surface area contributed by atoms with E-state index in [-0.39, 0.29) is 0 Å². The Morgan fingerprint density at radius 2 is 1.64 bits per heavy atom. The van der Waals surface area contributed by atoms with Crippen molar-refractivity contribution < 1.29 is 0 Å². The van der Waals surface area contributed by atoms with Crippen LogP contribution in [0.5, 0.6) is 0 Å². The quantitative estimate of drug-likeness (QED) is 0.571. The molecule has 0 spiro atoms. The number of allylic oxidation sites excluding steroid dienone is 1. The molecule has 1 aliphatic rings. The van der Waals surface area contributed by atoms with Gasteiger partial charge in [0.05, 0.1) is 0 Å². The summed E-state index contributed by atoms with van der Waals surface area (Å²) in [7, 11) is 0. The molecule has 0 radical (unpaired) electrons. The molecule has 0 saturated carbocycles. The molecule has 0 aromatic heterocycles. The van der Waals surface area contributed by atoms with Crippen LogP contribution in [0.3, 0.4) is 0 Å². The van der Waals surface area contributed by atoms with Crippen LogP contribution >= 0.6 is 0 Å². The van der Waals surface area contributed by atoms with Crippen LogP contribution < -0.4 is 0 Å². The van der Waals surface area contributed by atoms with Crippen LogP contribution in [0.15, 0.2) is 11.6 Å². The minimum atomic E-state index is 0.615. The Hall–Kier alpha value is -1.04. The molecule has 1 aliphatic carbocycles. The highest BCUT2D eigenvalue weighted by atomic mass is 14.3. The predicted molar refractivity (Wildman–Crippen MR) is 62.7 cm³/mol. The van der Waals surface area contributed by atoms with Crippen LogP contribution in [0, 0.1) is 20.8 Å². The standard InChI is InChI=1S/C14H18/c1-8-6-10(3)14-12(5)9(2)7-13(14)11(8)4/h6-7,12H,1-5H3. The molecule has 1 aromatic rings. The van der Waals surface area contributed by atoms with E-state index >= 15 is 0 Å². The number of aryl methyl sites for hydroxylation is 2. The van der Waals surface area contributed by atoms with E-state index in [0.29, 0.717) is 5.92 Å². The summed E-state index contributed by atoms with van der Waals surface area (Å²) in [4.78, 5) is 0. The van der Waals surface area contributed by atoms with Gasteiger partial charge >= 0.3 is 0 Å². The first-order chi connectivity index (χ1) is 6.52. The topological polar surface area (TPSA) is 0 Å². The monoisotopic (exact) mass is 186 g/mol. The summed E-state index contributed by atoms with van der Waals surface area (Å²) in [5, 5.41) is 0. The number of benzene rings is 1. The Bertz CT molecular complexity index is 422. The van der Waals surface area contributed by atoms with Crippen molar-refractivity contribution in [3.05, 3.63) is 39.5 Å². The number of rotatable bonds is 0. The molecule has 1 aromatic carbocycles. The molecule has 1 unspecified atom stereocenters. The van der Waals surface area contributed by atoms with E-state index in [9.17, 15) is 0 Å². The van der Waals surface area contributed by atoms with Gasteiger partial charge in [-0.05, 0) is 55.5 Å². The maximum Gasteiger partial charge on any atom is 0.00290 e. The first-order valence-corrected chi connectivity index (χ1v) is 5.31. The third kappa shape index (κ3) is 1.13. The Kier molecular flexibility index (Phi) is 2.02. The first kappa shape index (κ1) is 9.51. The summed E-state index contributed by atoms with van der Waals surface area (Å²) < 4.78 is 0. The van der Waals surface area contributed by atoms with Gasteiger partial charge in [0.15, 0.2) is 0 Å². The lowest BCUT2D eigenvalue weighted by atomic mass is 9.90. The summed E-state index contributed by atoms with van der Waals surface area (Å²) >= 11 is 0. The van der Waals surface area contributed by atoms with Crippen LogP contribution in [-0.2, 0) is 0 Å². The van der Waals surface area contributed by atoms with Crippen molar-refractivity contribution in [1.29, 1.82) is 0 Å². The van der Waals surface area contributed by atoms with Crippen LogP contribution in [0.4, 0.5) is 0 Å². The second-order valence-corrected chi connectivity index (χ2v) is 4.57. The van der Waals surface area contributed by atoms with Gasteiger partial charge in [-0.25, -0.2) is 0 Å². The summed E-state index contributed by atoms with van der Waals surface area (Å²) in [6.45, 7) is 11.2. The summed E-state index contributed by atoms with van der Waals surface area (Å²) in [6, 6.07) is 2.32. The van der Waals surface area contributed by atoms with Crippen molar-refractivity contribution in [2.45, 2.75) is 40.5 Å². The van der Waals surface area contributed by atoms with Gasteiger partial charge in [0, 0.05) is 5.92 Å². The number of hydrogen-bond acceptors (Lipinski definition) is 0. The van der Waals surface area contributed by atoms with Gasteiger partial charge < -0.3 is 0 Å². The number of fused-ring (bicyclic) bond motifs is 1. The average Bonchev–Trinajstić information content (AvgIpc) is 2.40. The average molecular weight is 186 g/mol. The van der Waals surface area contributed by atoms with Crippen LogP contribution in [0.25, 0.3) is 6.08 Å². The highest BCUT2D eigenvalue weighted by Crippen LogP contribution is 2.40. The van der Waals surface area contributed by atoms with Crippen LogP contribution in [-0.4, -0.2) is 0 Å². The summed E-state index contributed by atoms with van der Waals surface area (Å²) in [5.74, 6) is 0.615. The highest BCUT2D eigenvalue weighted by molar-refractivity contribution is 5.71. The normalized spacial score (nSPS) is 19.5. The Balaban J connectivity index is 2.75. The van der Waals surface area contributed by atoms with Crippen molar-refractivity contribution in [3.63, 3.8) is 0 Å². The Morgan fingerprint density at radius 1 is 1.00 bits per heavy atom. The molecule has 0 heterocycles. The Labute approximate surface area is 86.7 Å². The van der Waals surface area contributed by atoms with Gasteiger partial charge in [-0.3, -0.25) is 0 Å². The molecule has 2 rings (SSSR count). The third-order valence-corrected chi connectivity index (χ3v) is 3.63. The van der Waals surface area contributed by atoms with Crippen molar-refractivity contribution in [2.75, 3.05) is 0 Å². The molecule has 0 aliphatic heterocycles. The fourth-order valence-electron chi connectivity index (χ4n) is 2.48. The van der Waals surface area contributed by atoms with E-state index in [4.69, 9.17) is 0 Å². The summed E-state index contributed by atoms with van der Waals surface area (Å²) in [5.41, 5.74) is 8.84. The van der Waals surface area contributed by atoms with Gasteiger partial charge in [0.1, 0.15) is 0 Å². The van der Waals surface area contributed by atoms with Gasteiger partial charge in [-0.15, -0.1) is 0 Å². The van der Waals surface area contributed by atoms with Crippen LogP contribution in [0.1, 0.15) is 47.6 Å². The molecule has 0 N–H and O–H groups in total. The molecule has 0 amide bonds. The Morgan fingerprint density at radius 3 is 2.29 bits per heavy atom. The van der Waals surface area contributed by atoms with Gasteiger partial charge in [0.2, 0.25) is 0 Å². The molecule has 0 bridgehead atoms. The van der Waals surface area contributed by atoms with Crippen LogP contribution in [0.2, 0.25) is 0 Å². The third-order valence-electron chi connectivity index (χ3n) is 3.63. The molecule has 0 heteroatoms. The van der Waals surface area contributed by atoms with E-state index in [0.717, 1.165) is 0 Å². The lowest BCUT2D eigenvalue weighted by Gasteiger charge is -2.14. The van der Waals surface area contributed by atoms with E-state index < -0.39 is 0 Å². The molecular weight excluding hydrogens is 168 g/mol. The smallest absolute Gasteiger partial charge is 0.00290 e. The fourth-order valence-corrected chi connectivity index (χ4v) is 2.48. The molecular formula is C14H18. The van der Waals surface area contributed by atoms with Crippen molar-refractivity contribution in [2.24, 2.45) is 0 Å². The second kappa shape index (κ2) is 2.98. The zero-order valence-electron chi connectivity index (χ0n) is 9.73. The maximum atomic E-state index is 2.36. The predicted octanol–water partition coefficient (Wildman–Crippen LogP) is 4.13. The molecule has 0 fully saturated rings. The first-order valence-electron chi connectivity index (χ1n) is 5.31. The van der Waals surface area contributed by atoms with Gasteiger partial charge in [-0.1, -0.05) is 24.6 Å². The van der Waals surface area contributed by atoms with Crippen molar-refractivity contribution in [3.8, 4) is 0 Å². The van der Waals surface area contributed by atoms with E-state index in [2.05, 4.69) is 46.8 Å². The minimum absolute atomic E-state index is 0.615. The number of hydrogen-bond donors (Lipinski definition) is 0. The maximum absolute atomic E-state index is 2.36. The zero-order valence-corrected chi connectivity index (χ0v) is 9.73. The van der Waals surface area contributed by atoms with Crippen molar-refractivity contribution >= 4 is 6.08 Å². The van der Waals surface area contributed by atoms with E-state index in [1.54, 1.807) is 5.56 Å². The van der Waals surface area contributed by atoms with Crippen molar-refractivity contribution in [1.82, 2.24) is 0 Å². The van der Waals surface area contributed by atoms with E-state index in [1.165, 1.54) is 27.8 Å². The molecule has 0 nitrogen and oxygen atoms in total. The molecule has 0 saturated heterocycles. The SMILES string of the molecule is CC1=Cc2c(C)c(C)cc(C)c2C1C. The largest absolute Gasteiger partial charge is 0.0655 e. The summed E-state index contributed by atoms with van der Waals surface area (Å²) in [6.07, 6.45) is 2.36. The molecule has 14 heavy (non-hydrogen) atoms. The molecule has 1 atom stereocenters. The lowest BCUT2D eigenvalue weighted by molar-refractivity contribution is 0.907. The van der Waals surface area contributed by atoms with E-state index in [1.807, 2.05) is 0 Å².